The van der Waals surface area contributed by atoms with Crippen LogP contribution in [0.15, 0.2) is 12.1 Å². The maximum Gasteiger partial charge on any atom is 0.267 e. The van der Waals surface area contributed by atoms with Crippen molar-refractivity contribution in [3.63, 3.8) is 0 Å². The molecule has 0 aromatic heterocycles. The highest BCUT2D eigenvalue weighted by atomic mass is 32.2. The maximum atomic E-state index is 14.7. The largest absolute Gasteiger partial charge is 0.493 e. The van der Waals surface area contributed by atoms with Gasteiger partial charge in [0.25, 0.3) is 5.91 Å². The third kappa shape index (κ3) is 4.14. The number of benzene rings is 1. The molecule has 1 unspecified atom stereocenters. The number of amides is 1. The molecule has 2 heterocycles. The second kappa shape index (κ2) is 7.23. The molecule has 2 aliphatic carbocycles. The van der Waals surface area contributed by atoms with E-state index in [0.717, 1.165) is 31.2 Å². The van der Waals surface area contributed by atoms with Crippen molar-refractivity contribution in [2.75, 3.05) is 6.61 Å². The molecule has 4 aliphatic rings. The first-order chi connectivity index (χ1) is 13.9. The quantitative estimate of drug-likeness (QED) is 0.706. The number of halogens is 1. The molecule has 4 fully saturated rings. The standard InChI is InChI=1S/C21H27FN2O4S/c22-19-10-20(28-11-12-7-14-3-4-15(8-12)23-14)17(13-1-2-13)9-18(19)21(25)24-29(26,27)16-5-6-16/h9-10,12-16,23H,1-8,11H2,(H,24,25)/t12?,14-,15+. The number of nitrogens with one attached hydrogen (secondary N) is 2. The zero-order valence-corrected chi connectivity index (χ0v) is 17.1. The van der Waals surface area contributed by atoms with Crippen LogP contribution >= 0.6 is 0 Å². The predicted molar refractivity (Wildman–Crippen MR) is 106 cm³/mol. The van der Waals surface area contributed by atoms with Crippen LogP contribution in [0, 0.1) is 11.7 Å². The molecule has 0 spiro atoms. The summed E-state index contributed by atoms with van der Waals surface area (Å²) in [5.74, 6) is -0.426. The van der Waals surface area contributed by atoms with Crippen LogP contribution in [0.4, 0.5) is 4.39 Å². The molecule has 5 rings (SSSR count). The van der Waals surface area contributed by atoms with Crippen LogP contribution in [0.25, 0.3) is 0 Å². The van der Waals surface area contributed by atoms with Crippen molar-refractivity contribution in [1.29, 1.82) is 0 Å². The molecule has 2 saturated heterocycles. The van der Waals surface area contributed by atoms with Gasteiger partial charge >= 0.3 is 0 Å². The first kappa shape index (κ1) is 19.3. The Kier molecular flexibility index (Phi) is 4.81. The molecule has 1 aromatic carbocycles. The Morgan fingerprint density at radius 1 is 1.10 bits per heavy atom. The summed E-state index contributed by atoms with van der Waals surface area (Å²) < 4.78 is 46.9. The minimum Gasteiger partial charge on any atom is -0.493 e. The van der Waals surface area contributed by atoms with Crippen molar-refractivity contribution >= 4 is 15.9 Å². The first-order valence-corrected chi connectivity index (χ1v) is 12.2. The van der Waals surface area contributed by atoms with E-state index in [9.17, 15) is 17.6 Å². The molecule has 158 valence electrons. The number of hydrogen-bond donors (Lipinski definition) is 2. The van der Waals surface area contributed by atoms with Crippen LogP contribution in [0.3, 0.4) is 0 Å². The summed E-state index contributed by atoms with van der Waals surface area (Å²) in [6.07, 6.45) is 7.64. The zero-order chi connectivity index (χ0) is 20.2. The topological polar surface area (TPSA) is 84.5 Å². The van der Waals surface area contributed by atoms with Gasteiger partial charge in [-0.2, -0.15) is 0 Å². The van der Waals surface area contributed by atoms with E-state index in [1.807, 2.05) is 4.72 Å². The monoisotopic (exact) mass is 422 g/mol. The van der Waals surface area contributed by atoms with Crippen LogP contribution in [0.1, 0.15) is 73.2 Å². The number of rotatable bonds is 7. The number of carbonyl (C=O) groups is 1. The number of piperidine rings is 1. The van der Waals surface area contributed by atoms with E-state index in [0.29, 0.717) is 43.2 Å². The van der Waals surface area contributed by atoms with Gasteiger partial charge < -0.3 is 10.1 Å². The van der Waals surface area contributed by atoms with Crippen molar-refractivity contribution in [1.82, 2.24) is 10.0 Å². The van der Waals surface area contributed by atoms with Crippen LogP contribution in [0.5, 0.6) is 5.75 Å². The van der Waals surface area contributed by atoms with Crippen LogP contribution in [0.2, 0.25) is 0 Å². The number of ether oxygens (including phenoxy) is 1. The first-order valence-electron chi connectivity index (χ1n) is 10.7. The molecule has 1 aromatic rings. The summed E-state index contributed by atoms with van der Waals surface area (Å²) in [6.45, 7) is 0.551. The lowest BCUT2D eigenvalue weighted by Gasteiger charge is -2.29. The smallest absolute Gasteiger partial charge is 0.267 e. The second-order valence-electron chi connectivity index (χ2n) is 9.11. The molecule has 2 N–H and O–H groups in total. The fourth-order valence-electron chi connectivity index (χ4n) is 4.75. The molecule has 2 bridgehead atoms. The van der Waals surface area contributed by atoms with Crippen molar-refractivity contribution in [3.05, 3.63) is 29.1 Å². The Labute approximate surface area is 170 Å². The van der Waals surface area contributed by atoms with Gasteiger partial charge in [-0.1, -0.05) is 0 Å². The molecule has 1 amide bonds. The fourth-order valence-corrected chi connectivity index (χ4v) is 6.04. The summed E-state index contributed by atoms with van der Waals surface area (Å²) in [7, 11) is -3.71. The SMILES string of the molecule is O=C(NS(=O)(=O)C1CC1)c1cc(C2CC2)c(OCC2C[C@H]3CC[C@@H](C2)N3)cc1F. The summed E-state index contributed by atoms with van der Waals surface area (Å²) >= 11 is 0. The lowest BCUT2D eigenvalue weighted by molar-refractivity contribution is 0.0977. The number of fused-ring (bicyclic) bond motifs is 2. The maximum absolute atomic E-state index is 14.7. The third-order valence-electron chi connectivity index (χ3n) is 6.60. The van der Waals surface area contributed by atoms with Crippen LogP contribution in [-0.4, -0.2) is 38.3 Å². The van der Waals surface area contributed by atoms with Gasteiger partial charge in [-0.3, -0.25) is 4.79 Å². The Balaban J connectivity index is 1.32. The van der Waals surface area contributed by atoms with Gasteiger partial charge in [0.05, 0.1) is 17.4 Å². The van der Waals surface area contributed by atoms with E-state index in [1.54, 1.807) is 0 Å². The van der Waals surface area contributed by atoms with E-state index < -0.39 is 27.0 Å². The normalized spacial score (nSPS) is 28.9. The van der Waals surface area contributed by atoms with Gasteiger partial charge in [0.15, 0.2) is 0 Å². The molecule has 0 radical (unpaired) electrons. The highest BCUT2D eigenvalue weighted by molar-refractivity contribution is 7.91. The minimum absolute atomic E-state index is 0.219. The second-order valence-corrected chi connectivity index (χ2v) is 11.1. The molecular formula is C21H27FN2O4S. The Morgan fingerprint density at radius 2 is 1.79 bits per heavy atom. The van der Waals surface area contributed by atoms with E-state index in [4.69, 9.17) is 4.74 Å². The minimum atomic E-state index is -3.71. The predicted octanol–water partition coefficient (Wildman–Crippen LogP) is 2.83. The molecule has 2 aliphatic heterocycles. The van der Waals surface area contributed by atoms with Crippen molar-refractivity contribution < 1.29 is 22.3 Å². The van der Waals surface area contributed by atoms with E-state index in [-0.39, 0.29) is 11.5 Å². The van der Waals surface area contributed by atoms with Gasteiger partial charge in [0, 0.05) is 18.2 Å². The van der Waals surface area contributed by atoms with Gasteiger partial charge in [-0.25, -0.2) is 17.5 Å². The Bertz CT molecular complexity index is 915. The lowest BCUT2D eigenvalue weighted by atomic mass is 9.93. The van der Waals surface area contributed by atoms with Gasteiger partial charge in [-0.05, 0) is 74.8 Å². The highest BCUT2D eigenvalue weighted by Gasteiger charge is 2.38. The Morgan fingerprint density at radius 3 is 2.41 bits per heavy atom. The zero-order valence-electron chi connectivity index (χ0n) is 16.3. The van der Waals surface area contributed by atoms with Crippen molar-refractivity contribution in [2.45, 2.75) is 74.6 Å². The Hall–Kier alpha value is -1.67. The summed E-state index contributed by atoms with van der Waals surface area (Å²) in [5.41, 5.74) is 0.598. The average Bonchev–Trinajstić information content (AvgIpc) is 3.57. The number of hydrogen-bond acceptors (Lipinski definition) is 5. The van der Waals surface area contributed by atoms with E-state index >= 15 is 0 Å². The highest BCUT2D eigenvalue weighted by Crippen LogP contribution is 2.45. The number of sulfonamides is 1. The van der Waals surface area contributed by atoms with Crippen molar-refractivity contribution in [2.24, 2.45) is 5.92 Å². The summed E-state index contributed by atoms with van der Waals surface area (Å²) in [4.78, 5) is 12.4. The van der Waals surface area contributed by atoms with Gasteiger partial charge in [0.1, 0.15) is 11.6 Å². The molecule has 8 heteroatoms. The number of carbonyl (C=O) groups excluding carboxylic acids is 1. The summed E-state index contributed by atoms with van der Waals surface area (Å²) in [5, 5.41) is 3.08. The van der Waals surface area contributed by atoms with Crippen LogP contribution < -0.4 is 14.8 Å². The van der Waals surface area contributed by atoms with Crippen molar-refractivity contribution in [3.8, 4) is 5.75 Å². The van der Waals surface area contributed by atoms with Gasteiger partial charge in [-0.15, -0.1) is 0 Å². The summed E-state index contributed by atoms with van der Waals surface area (Å²) in [6, 6.07) is 3.90. The third-order valence-corrected chi connectivity index (χ3v) is 8.42. The molecule has 2 saturated carbocycles. The van der Waals surface area contributed by atoms with Crippen LogP contribution in [-0.2, 0) is 10.0 Å². The van der Waals surface area contributed by atoms with E-state index in [1.165, 1.54) is 25.0 Å². The molecule has 29 heavy (non-hydrogen) atoms. The van der Waals surface area contributed by atoms with E-state index in [2.05, 4.69) is 5.32 Å². The molecule has 3 atom stereocenters. The average molecular weight is 423 g/mol. The lowest BCUT2D eigenvalue weighted by Crippen LogP contribution is -2.39. The fraction of sp³-hybridized carbons (Fsp3) is 0.667. The molecular weight excluding hydrogens is 395 g/mol. The molecule has 6 nitrogen and oxygen atoms in total. The van der Waals surface area contributed by atoms with Gasteiger partial charge in [0.2, 0.25) is 10.0 Å².